The van der Waals surface area contributed by atoms with E-state index in [1.807, 2.05) is 6.07 Å². The van der Waals surface area contributed by atoms with Gasteiger partial charge in [-0.3, -0.25) is 9.36 Å². The molecule has 1 fully saturated rings. The fraction of sp³-hybridized carbons (Fsp3) is 0.300. The Morgan fingerprint density at radius 3 is 2.62 bits per heavy atom. The number of anilines is 2. The van der Waals surface area contributed by atoms with Crippen LogP contribution in [0.25, 0.3) is 5.82 Å². The third-order valence-corrected chi connectivity index (χ3v) is 4.95. The molecule has 0 atom stereocenters. The maximum Gasteiger partial charge on any atom is 0.275 e. The van der Waals surface area contributed by atoms with Crippen molar-refractivity contribution in [2.45, 2.75) is 12.8 Å². The molecule has 2 aliphatic rings. The predicted octanol–water partition coefficient (Wildman–Crippen LogP) is 2.29. The zero-order valence-corrected chi connectivity index (χ0v) is 15.7. The normalized spacial score (nSPS) is 15.4. The van der Waals surface area contributed by atoms with E-state index in [-0.39, 0.29) is 5.91 Å². The summed E-state index contributed by atoms with van der Waals surface area (Å²) in [6.07, 6.45) is 7.12. The first-order chi connectivity index (χ1) is 14.3. The molecule has 2 aliphatic heterocycles. The Kier molecular flexibility index (Phi) is 4.47. The number of amides is 1. The SMILES string of the molecule is O=C(Nc1ccc2c(c1)OCCO2)c1cn(-c2cc(N3CCCC3)ncn2)cn1. The van der Waals surface area contributed by atoms with E-state index in [0.717, 1.165) is 18.9 Å². The van der Waals surface area contributed by atoms with Crippen molar-refractivity contribution in [1.29, 1.82) is 0 Å². The third-order valence-electron chi connectivity index (χ3n) is 4.95. The number of ether oxygens (including phenoxy) is 2. The number of benzene rings is 1. The summed E-state index contributed by atoms with van der Waals surface area (Å²) in [6.45, 7) is 3.03. The Morgan fingerprint density at radius 1 is 0.966 bits per heavy atom. The highest BCUT2D eigenvalue weighted by Gasteiger charge is 2.17. The number of hydrogen-bond donors (Lipinski definition) is 1. The summed E-state index contributed by atoms with van der Waals surface area (Å²) in [4.78, 5) is 27.7. The van der Waals surface area contributed by atoms with Crippen molar-refractivity contribution in [1.82, 2.24) is 19.5 Å². The number of carbonyl (C=O) groups is 1. The standard InChI is InChI=1S/C20H20N6O3/c27-20(24-14-3-4-16-17(9-14)29-8-7-28-16)15-11-26(13-23-15)19-10-18(21-12-22-19)25-5-1-2-6-25/h3-4,9-13H,1-2,5-8H2,(H,24,27). The highest BCUT2D eigenvalue weighted by Crippen LogP contribution is 2.32. The zero-order chi connectivity index (χ0) is 19.6. The number of nitrogens with one attached hydrogen (secondary N) is 1. The maximum absolute atomic E-state index is 12.6. The molecule has 29 heavy (non-hydrogen) atoms. The van der Waals surface area contributed by atoms with Gasteiger partial charge in [0.05, 0.1) is 0 Å². The molecule has 1 aromatic carbocycles. The van der Waals surface area contributed by atoms with Crippen LogP contribution in [0.2, 0.25) is 0 Å². The van der Waals surface area contributed by atoms with Crippen LogP contribution in [0, 0.1) is 0 Å². The second-order valence-corrected chi connectivity index (χ2v) is 6.91. The molecule has 9 heteroatoms. The van der Waals surface area contributed by atoms with E-state index in [1.54, 1.807) is 35.3 Å². The topological polar surface area (TPSA) is 94.4 Å². The minimum atomic E-state index is -0.311. The number of nitrogens with zero attached hydrogens (tertiary/aromatic N) is 5. The van der Waals surface area contributed by atoms with Crippen molar-refractivity contribution in [3.8, 4) is 17.3 Å². The molecule has 0 unspecified atom stereocenters. The second-order valence-electron chi connectivity index (χ2n) is 6.91. The van der Waals surface area contributed by atoms with Crippen LogP contribution in [-0.4, -0.2) is 51.7 Å². The van der Waals surface area contributed by atoms with Gasteiger partial charge in [0.1, 0.15) is 43.2 Å². The summed E-state index contributed by atoms with van der Waals surface area (Å²) in [5, 5.41) is 2.84. The minimum absolute atomic E-state index is 0.293. The lowest BCUT2D eigenvalue weighted by Crippen LogP contribution is -2.19. The average Bonchev–Trinajstić information content (AvgIpc) is 3.46. The van der Waals surface area contributed by atoms with Crippen molar-refractivity contribution in [3.63, 3.8) is 0 Å². The van der Waals surface area contributed by atoms with Crippen molar-refractivity contribution >= 4 is 17.4 Å². The van der Waals surface area contributed by atoms with Crippen LogP contribution in [-0.2, 0) is 0 Å². The number of aromatic nitrogens is 4. The smallest absolute Gasteiger partial charge is 0.275 e. The van der Waals surface area contributed by atoms with Gasteiger partial charge in [-0.25, -0.2) is 15.0 Å². The van der Waals surface area contributed by atoms with Gasteiger partial charge in [-0.2, -0.15) is 0 Å². The van der Waals surface area contributed by atoms with E-state index in [2.05, 4.69) is 25.2 Å². The lowest BCUT2D eigenvalue weighted by atomic mass is 10.2. The molecule has 0 bridgehead atoms. The van der Waals surface area contributed by atoms with Gasteiger partial charge in [-0.05, 0) is 25.0 Å². The van der Waals surface area contributed by atoms with Gasteiger partial charge in [0.2, 0.25) is 0 Å². The van der Waals surface area contributed by atoms with Crippen LogP contribution in [0.4, 0.5) is 11.5 Å². The number of hydrogen-bond acceptors (Lipinski definition) is 7. The van der Waals surface area contributed by atoms with Gasteiger partial charge in [-0.15, -0.1) is 0 Å². The molecule has 1 N–H and O–H groups in total. The Morgan fingerprint density at radius 2 is 1.76 bits per heavy atom. The van der Waals surface area contributed by atoms with Crippen molar-refractivity contribution < 1.29 is 14.3 Å². The molecular formula is C20H20N6O3. The van der Waals surface area contributed by atoms with E-state index in [1.165, 1.54) is 19.2 Å². The average molecular weight is 392 g/mol. The molecule has 0 aliphatic carbocycles. The van der Waals surface area contributed by atoms with Gasteiger partial charge >= 0.3 is 0 Å². The fourth-order valence-corrected chi connectivity index (χ4v) is 3.48. The molecule has 0 saturated carbocycles. The Balaban J connectivity index is 1.32. The van der Waals surface area contributed by atoms with Crippen LogP contribution >= 0.6 is 0 Å². The molecule has 2 aromatic heterocycles. The summed E-state index contributed by atoms with van der Waals surface area (Å²) in [5.41, 5.74) is 0.911. The van der Waals surface area contributed by atoms with E-state index in [4.69, 9.17) is 9.47 Å². The Labute approximate surface area is 167 Å². The molecule has 148 valence electrons. The van der Waals surface area contributed by atoms with Crippen molar-refractivity contribution in [2.24, 2.45) is 0 Å². The van der Waals surface area contributed by atoms with Gasteiger partial charge in [0.25, 0.3) is 5.91 Å². The molecular weight excluding hydrogens is 372 g/mol. The number of rotatable bonds is 4. The first kappa shape index (κ1) is 17.5. The summed E-state index contributed by atoms with van der Waals surface area (Å²) in [7, 11) is 0. The van der Waals surface area contributed by atoms with Crippen molar-refractivity contribution in [3.05, 3.63) is 48.8 Å². The summed E-state index contributed by atoms with van der Waals surface area (Å²) in [6, 6.07) is 7.21. The molecule has 4 heterocycles. The molecule has 1 amide bonds. The first-order valence-corrected chi connectivity index (χ1v) is 9.59. The summed E-state index contributed by atoms with van der Waals surface area (Å²) >= 11 is 0. The minimum Gasteiger partial charge on any atom is -0.486 e. The van der Waals surface area contributed by atoms with E-state index in [0.29, 0.717) is 41.9 Å². The monoisotopic (exact) mass is 392 g/mol. The molecule has 0 radical (unpaired) electrons. The van der Waals surface area contributed by atoms with Crippen LogP contribution in [0.1, 0.15) is 23.3 Å². The summed E-state index contributed by atoms with van der Waals surface area (Å²) in [5.74, 6) is 2.55. The van der Waals surface area contributed by atoms with Gasteiger partial charge in [0, 0.05) is 37.1 Å². The molecule has 9 nitrogen and oxygen atoms in total. The van der Waals surface area contributed by atoms with E-state index >= 15 is 0 Å². The van der Waals surface area contributed by atoms with E-state index in [9.17, 15) is 4.79 Å². The first-order valence-electron chi connectivity index (χ1n) is 9.59. The van der Waals surface area contributed by atoms with Gasteiger partial charge < -0.3 is 19.7 Å². The highest BCUT2D eigenvalue weighted by molar-refractivity contribution is 6.02. The second kappa shape index (κ2) is 7.42. The highest BCUT2D eigenvalue weighted by atomic mass is 16.6. The molecule has 5 rings (SSSR count). The fourth-order valence-electron chi connectivity index (χ4n) is 3.48. The van der Waals surface area contributed by atoms with E-state index < -0.39 is 0 Å². The largest absolute Gasteiger partial charge is 0.486 e. The predicted molar refractivity (Wildman–Crippen MR) is 106 cm³/mol. The van der Waals surface area contributed by atoms with Gasteiger partial charge in [0.15, 0.2) is 11.5 Å². The lowest BCUT2D eigenvalue weighted by molar-refractivity contribution is 0.102. The van der Waals surface area contributed by atoms with Crippen LogP contribution in [0.5, 0.6) is 11.5 Å². The van der Waals surface area contributed by atoms with Gasteiger partial charge in [-0.1, -0.05) is 0 Å². The lowest BCUT2D eigenvalue weighted by Gasteiger charge is -2.18. The van der Waals surface area contributed by atoms with Crippen LogP contribution < -0.4 is 19.7 Å². The van der Waals surface area contributed by atoms with Crippen LogP contribution in [0.15, 0.2) is 43.1 Å². The number of fused-ring (bicyclic) bond motifs is 1. The molecule has 0 spiro atoms. The number of carbonyl (C=O) groups excluding carboxylic acids is 1. The molecule has 1 saturated heterocycles. The number of imidazole rings is 1. The van der Waals surface area contributed by atoms with Crippen molar-refractivity contribution in [2.75, 3.05) is 36.5 Å². The molecule has 3 aromatic rings. The summed E-state index contributed by atoms with van der Waals surface area (Å²) < 4.78 is 12.8. The Bertz CT molecular complexity index is 1040. The Hall–Kier alpha value is -3.62. The van der Waals surface area contributed by atoms with Crippen LogP contribution in [0.3, 0.4) is 0 Å². The zero-order valence-electron chi connectivity index (χ0n) is 15.7. The maximum atomic E-state index is 12.6. The quantitative estimate of drug-likeness (QED) is 0.728. The third kappa shape index (κ3) is 3.58.